The van der Waals surface area contributed by atoms with E-state index in [1.54, 1.807) is 12.3 Å². The van der Waals surface area contributed by atoms with E-state index in [0.29, 0.717) is 5.69 Å². The second-order valence-corrected chi connectivity index (χ2v) is 5.74. The van der Waals surface area contributed by atoms with Crippen LogP contribution in [0.3, 0.4) is 0 Å². The van der Waals surface area contributed by atoms with Gasteiger partial charge < -0.3 is 5.32 Å². The summed E-state index contributed by atoms with van der Waals surface area (Å²) in [5.74, 6) is -0.434. The van der Waals surface area contributed by atoms with Gasteiger partial charge in [-0.15, -0.1) is 11.3 Å². The molecule has 0 radical (unpaired) electrons. The van der Waals surface area contributed by atoms with Crippen LogP contribution in [0.15, 0.2) is 23.6 Å². The van der Waals surface area contributed by atoms with Crippen LogP contribution in [0.1, 0.15) is 16.3 Å². The molecule has 0 bridgehead atoms. The molecule has 0 aliphatic carbocycles. The minimum atomic E-state index is -4.57. The Balaban J connectivity index is 2.11. The van der Waals surface area contributed by atoms with Gasteiger partial charge in [0.2, 0.25) is 5.91 Å². The van der Waals surface area contributed by atoms with Crippen molar-refractivity contribution in [2.24, 2.45) is 0 Å². The average Bonchev–Trinajstić information content (AvgIpc) is 2.75. The van der Waals surface area contributed by atoms with Crippen molar-refractivity contribution in [1.82, 2.24) is 4.98 Å². The van der Waals surface area contributed by atoms with Crippen LogP contribution in [0.5, 0.6) is 0 Å². The lowest BCUT2D eigenvalue weighted by Gasteiger charge is -2.11. The predicted octanol–water partition coefficient (Wildman–Crippen LogP) is 4.30. The number of hydrogen-bond donors (Lipinski definition) is 1. The molecule has 0 unspecified atom stereocenters. The maximum absolute atomic E-state index is 12.7. The highest BCUT2D eigenvalue weighted by molar-refractivity contribution is 7.09. The number of carbonyl (C=O) groups is 1. The smallest absolute Gasteiger partial charge is 0.326 e. The average molecular weight is 335 g/mol. The van der Waals surface area contributed by atoms with Gasteiger partial charge in [0.05, 0.1) is 27.7 Å². The van der Waals surface area contributed by atoms with E-state index >= 15 is 0 Å². The van der Waals surface area contributed by atoms with Gasteiger partial charge in [0.15, 0.2) is 0 Å². The first-order valence-electron chi connectivity index (χ1n) is 5.83. The van der Waals surface area contributed by atoms with E-state index in [2.05, 4.69) is 10.3 Å². The molecule has 0 aliphatic heterocycles. The highest BCUT2D eigenvalue weighted by atomic mass is 35.5. The van der Waals surface area contributed by atoms with Gasteiger partial charge in [0, 0.05) is 11.1 Å². The van der Waals surface area contributed by atoms with Crippen LogP contribution in [0.2, 0.25) is 5.02 Å². The van der Waals surface area contributed by atoms with Gasteiger partial charge in [0.1, 0.15) is 0 Å². The number of rotatable bonds is 3. The van der Waals surface area contributed by atoms with E-state index < -0.39 is 22.7 Å². The summed E-state index contributed by atoms with van der Waals surface area (Å²) in [7, 11) is 0. The van der Waals surface area contributed by atoms with Gasteiger partial charge >= 0.3 is 6.18 Å². The molecule has 0 saturated carbocycles. The van der Waals surface area contributed by atoms with Gasteiger partial charge in [-0.1, -0.05) is 11.6 Å². The minimum Gasteiger partial charge on any atom is -0.326 e. The summed E-state index contributed by atoms with van der Waals surface area (Å²) in [5, 5.41) is 4.56. The Morgan fingerprint density at radius 2 is 2.14 bits per heavy atom. The first-order valence-corrected chi connectivity index (χ1v) is 7.09. The molecule has 1 heterocycles. The Hall–Kier alpha value is -1.60. The monoisotopic (exact) mass is 334 g/mol. The van der Waals surface area contributed by atoms with Crippen LogP contribution in [0.25, 0.3) is 0 Å². The number of hydrogen-bond acceptors (Lipinski definition) is 3. The molecule has 0 aliphatic rings. The molecule has 0 saturated heterocycles. The standard InChI is InChI=1S/C13H10ClF3N2OS/c1-7-18-9(6-21-7)5-12(20)19-8-2-3-11(14)10(4-8)13(15,16)17/h2-4,6H,5H2,1H3,(H,19,20). The maximum atomic E-state index is 12.7. The highest BCUT2D eigenvalue weighted by Crippen LogP contribution is 2.36. The van der Waals surface area contributed by atoms with E-state index in [1.165, 1.54) is 17.4 Å². The molecular weight excluding hydrogens is 325 g/mol. The number of nitrogens with one attached hydrogen (secondary N) is 1. The molecule has 21 heavy (non-hydrogen) atoms. The molecule has 1 amide bonds. The maximum Gasteiger partial charge on any atom is 0.417 e. The third-order valence-electron chi connectivity index (χ3n) is 2.56. The molecule has 0 atom stereocenters. The molecule has 1 aromatic heterocycles. The van der Waals surface area contributed by atoms with Crippen molar-refractivity contribution in [2.75, 3.05) is 5.32 Å². The van der Waals surface area contributed by atoms with E-state index in [9.17, 15) is 18.0 Å². The summed E-state index contributed by atoms with van der Waals surface area (Å²) in [5.41, 5.74) is -0.352. The number of nitrogens with zero attached hydrogens (tertiary/aromatic N) is 1. The second kappa shape index (κ2) is 6.03. The third kappa shape index (κ3) is 4.18. The van der Waals surface area contributed by atoms with Crippen molar-refractivity contribution in [3.63, 3.8) is 0 Å². The van der Waals surface area contributed by atoms with Gasteiger partial charge in [-0.2, -0.15) is 13.2 Å². The summed E-state index contributed by atoms with van der Waals surface area (Å²) in [6.45, 7) is 1.81. The highest BCUT2D eigenvalue weighted by Gasteiger charge is 2.33. The number of anilines is 1. The van der Waals surface area contributed by atoms with Crippen LogP contribution >= 0.6 is 22.9 Å². The number of aromatic nitrogens is 1. The van der Waals surface area contributed by atoms with Crippen molar-refractivity contribution < 1.29 is 18.0 Å². The summed E-state index contributed by atoms with van der Waals surface area (Å²) in [4.78, 5) is 15.9. The number of thiazole rings is 1. The van der Waals surface area contributed by atoms with Crippen LogP contribution in [0, 0.1) is 6.92 Å². The lowest BCUT2D eigenvalue weighted by molar-refractivity contribution is -0.137. The number of aryl methyl sites for hydroxylation is 1. The van der Waals surface area contributed by atoms with Crippen molar-refractivity contribution in [1.29, 1.82) is 0 Å². The fourth-order valence-electron chi connectivity index (χ4n) is 1.68. The predicted molar refractivity (Wildman–Crippen MR) is 75.6 cm³/mol. The van der Waals surface area contributed by atoms with Crippen molar-refractivity contribution in [2.45, 2.75) is 19.5 Å². The summed E-state index contributed by atoms with van der Waals surface area (Å²) >= 11 is 6.91. The van der Waals surface area contributed by atoms with Gasteiger partial charge in [-0.3, -0.25) is 4.79 Å². The van der Waals surface area contributed by atoms with Gasteiger partial charge in [-0.05, 0) is 25.1 Å². The summed E-state index contributed by atoms with van der Waals surface area (Å²) in [6.07, 6.45) is -4.56. The fourth-order valence-corrected chi connectivity index (χ4v) is 2.52. The Bertz CT molecular complexity index is 670. The molecule has 2 rings (SSSR count). The van der Waals surface area contributed by atoms with Crippen LogP contribution in [0.4, 0.5) is 18.9 Å². The zero-order valence-corrected chi connectivity index (χ0v) is 12.4. The zero-order valence-electron chi connectivity index (χ0n) is 10.8. The first-order chi connectivity index (χ1) is 9.75. The molecule has 0 spiro atoms. The summed E-state index contributed by atoms with van der Waals surface area (Å²) < 4.78 is 38.1. The number of amides is 1. The molecule has 1 N–H and O–H groups in total. The van der Waals surface area contributed by atoms with Crippen molar-refractivity contribution >= 4 is 34.5 Å². The van der Waals surface area contributed by atoms with Crippen molar-refractivity contribution in [3.05, 3.63) is 44.9 Å². The second-order valence-electron chi connectivity index (χ2n) is 4.28. The Morgan fingerprint density at radius 3 is 2.71 bits per heavy atom. The van der Waals surface area contributed by atoms with Gasteiger partial charge in [0.25, 0.3) is 0 Å². The largest absolute Gasteiger partial charge is 0.417 e. The summed E-state index contributed by atoms with van der Waals surface area (Å²) in [6, 6.07) is 3.24. The molecule has 3 nitrogen and oxygen atoms in total. The number of alkyl halides is 3. The minimum absolute atomic E-state index is 0.00825. The Labute approximate surface area is 127 Å². The molecule has 2 aromatic rings. The number of benzene rings is 1. The molecular formula is C13H10ClF3N2OS. The molecule has 8 heteroatoms. The molecule has 1 aromatic carbocycles. The lowest BCUT2D eigenvalue weighted by Crippen LogP contribution is -2.15. The lowest BCUT2D eigenvalue weighted by atomic mass is 10.2. The SMILES string of the molecule is Cc1nc(CC(=O)Nc2ccc(Cl)c(C(F)(F)F)c2)cs1. The molecule has 0 fully saturated rings. The molecule has 112 valence electrons. The quantitative estimate of drug-likeness (QED) is 0.909. The van der Waals surface area contributed by atoms with Crippen LogP contribution < -0.4 is 5.32 Å². The first kappa shape index (κ1) is 15.8. The van der Waals surface area contributed by atoms with E-state index in [-0.39, 0.29) is 12.1 Å². The number of halogens is 4. The Morgan fingerprint density at radius 1 is 1.43 bits per heavy atom. The third-order valence-corrected chi connectivity index (χ3v) is 3.72. The van der Waals surface area contributed by atoms with E-state index in [1.807, 2.05) is 0 Å². The van der Waals surface area contributed by atoms with Crippen molar-refractivity contribution in [3.8, 4) is 0 Å². The van der Waals surface area contributed by atoms with E-state index in [0.717, 1.165) is 17.1 Å². The normalized spacial score (nSPS) is 11.5. The van der Waals surface area contributed by atoms with Crippen LogP contribution in [-0.4, -0.2) is 10.9 Å². The van der Waals surface area contributed by atoms with Crippen LogP contribution in [-0.2, 0) is 17.4 Å². The fraction of sp³-hybridized carbons (Fsp3) is 0.231. The number of carbonyl (C=O) groups excluding carboxylic acids is 1. The van der Waals surface area contributed by atoms with E-state index in [4.69, 9.17) is 11.6 Å². The topological polar surface area (TPSA) is 42.0 Å². The zero-order chi connectivity index (χ0) is 15.6. The Kier molecular flexibility index (Phi) is 4.53. The van der Waals surface area contributed by atoms with Gasteiger partial charge in [-0.25, -0.2) is 4.98 Å².